The summed E-state index contributed by atoms with van der Waals surface area (Å²) in [6.45, 7) is 4.24. The Morgan fingerprint density at radius 3 is 2.26 bits per heavy atom. The highest BCUT2D eigenvalue weighted by Crippen LogP contribution is 2.18. The van der Waals surface area contributed by atoms with Crippen LogP contribution in [0, 0.1) is 0 Å². The summed E-state index contributed by atoms with van der Waals surface area (Å²) in [6.07, 6.45) is 3.09. The molecule has 3 aromatic rings. The molecule has 0 bridgehead atoms. The normalized spacial score (nSPS) is 11.3. The van der Waals surface area contributed by atoms with Crippen LogP contribution in [0.2, 0.25) is 0 Å². The third-order valence-corrected chi connectivity index (χ3v) is 6.35. The Bertz CT molecular complexity index is 1310. The van der Waals surface area contributed by atoms with E-state index in [4.69, 9.17) is 17.0 Å². The zero-order valence-corrected chi connectivity index (χ0v) is 21.0. The number of thiocarbonyl (C=S) groups is 1. The number of anilines is 2. The van der Waals surface area contributed by atoms with Gasteiger partial charge < -0.3 is 10.1 Å². The highest BCUT2D eigenvalue weighted by Gasteiger charge is 2.15. The number of amides is 1. The molecule has 0 aliphatic carbocycles. The molecule has 3 rings (SSSR count). The summed E-state index contributed by atoms with van der Waals surface area (Å²) in [5, 5.41) is 13.0. The molecule has 0 fully saturated rings. The van der Waals surface area contributed by atoms with E-state index in [1.807, 2.05) is 24.3 Å². The van der Waals surface area contributed by atoms with E-state index in [0.717, 1.165) is 5.56 Å². The number of carbonyl (C=O) groups excluding carboxylic acids is 1. The fourth-order valence-corrected chi connectivity index (χ4v) is 4.09. The van der Waals surface area contributed by atoms with E-state index in [-0.39, 0.29) is 27.6 Å². The number of rotatable bonds is 8. The van der Waals surface area contributed by atoms with E-state index >= 15 is 0 Å². The number of aromatic nitrogens is 2. The number of methoxy groups -OCH3 is 1. The molecule has 1 amide bonds. The topological polar surface area (TPSA) is 122 Å². The van der Waals surface area contributed by atoms with Crippen molar-refractivity contribution < 1.29 is 17.9 Å². The molecule has 0 atom stereocenters. The van der Waals surface area contributed by atoms with Gasteiger partial charge in [-0.1, -0.05) is 38.1 Å². The van der Waals surface area contributed by atoms with Crippen molar-refractivity contribution in [3.8, 4) is 5.88 Å². The summed E-state index contributed by atoms with van der Waals surface area (Å²) in [7, 11) is -2.44. The van der Waals surface area contributed by atoms with Crippen LogP contribution >= 0.6 is 12.2 Å². The van der Waals surface area contributed by atoms with Gasteiger partial charge in [-0.2, -0.15) is 0 Å². The first-order valence-electron chi connectivity index (χ1n) is 10.6. The average molecular weight is 512 g/mol. The zero-order chi connectivity index (χ0) is 25.4. The summed E-state index contributed by atoms with van der Waals surface area (Å²) < 4.78 is 32.3. The standard InChI is InChI=1S/C24H25N5O4S2/c1-16(2)18-7-4-17(5-8-18)6-14-22(30)26-24(34)25-19-9-11-20(12-10-19)35(31,32)29-21-13-15-23(33-3)28-27-21/h4-16H,1-3H3,(H,27,29)(H2,25,26,30,34). The van der Waals surface area contributed by atoms with Crippen molar-refractivity contribution in [1.82, 2.24) is 15.5 Å². The average Bonchev–Trinajstić information content (AvgIpc) is 2.83. The van der Waals surface area contributed by atoms with E-state index in [1.54, 1.807) is 6.08 Å². The van der Waals surface area contributed by atoms with Crippen LogP contribution in [-0.4, -0.2) is 36.7 Å². The third kappa shape index (κ3) is 7.59. The summed E-state index contributed by atoms with van der Waals surface area (Å²) in [5.74, 6) is 0.371. The third-order valence-electron chi connectivity index (χ3n) is 4.78. The molecule has 2 aromatic carbocycles. The highest BCUT2D eigenvalue weighted by atomic mass is 32.2. The molecule has 182 valence electrons. The Morgan fingerprint density at radius 2 is 1.69 bits per heavy atom. The Morgan fingerprint density at radius 1 is 1.00 bits per heavy atom. The smallest absolute Gasteiger partial charge is 0.263 e. The number of nitrogens with one attached hydrogen (secondary N) is 3. The number of nitrogens with zero attached hydrogens (tertiary/aromatic N) is 2. The number of carbonyl (C=O) groups is 1. The van der Waals surface area contributed by atoms with Gasteiger partial charge in [-0.25, -0.2) is 8.42 Å². The fourth-order valence-electron chi connectivity index (χ4n) is 2.88. The van der Waals surface area contributed by atoms with Crippen LogP contribution in [0.5, 0.6) is 5.88 Å². The first-order valence-corrected chi connectivity index (χ1v) is 12.5. The Hall–Kier alpha value is -3.83. The van der Waals surface area contributed by atoms with Gasteiger partial charge >= 0.3 is 0 Å². The molecule has 35 heavy (non-hydrogen) atoms. The van der Waals surface area contributed by atoms with Gasteiger partial charge in [0.1, 0.15) is 0 Å². The van der Waals surface area contributed by atoms with Crippen LogP contribution in [0.25, 0.3) is 6.08 Å². The zero-order valence-electron chi connectivity index (χ0n) is 19.3. The van der Waals surface area contributed by atoms with Crippen LogP contribution in [0.3, 0.4) is 0 Å². The van der Waals surface area contributed by atoms with Crippen molar-refractivity contribution in [3.05, 3.63) is 77.9 Å². The van der Waals surface area contributed by atoms with E-state index < -0.39 is 10.0 Å². The second kappa shape index (κ2) is 11.5. The van der Waals surface area contributed by atoms with E-state index in [2.05, 4.69) is 39.4 Å². The largest absolute Gasteiger partial charge is 0.480 e. The van der Waals surface area contributed by atoms with Gasteiger partial charge in [0, 0.05) is 17.8 Å². The number of hydrogen-bond acceptors (Lipinski definition) is 7. The SMILES string of the molecule is COc1ccc(NS(=O)(=O)c2ccc(NC(=S)NC(=O)C=Cc3ccc(C(C)C)cc3)cc2)nn1. The maximum atomic E-state index is 12.6. The van der Waals surface area contributed by atoms with Gasteiger partial charge in [0.25, 0.3) is 10.0 Å². The van der Waals surface area contributed by atoms with Gasteiger partial charge in [0.15, 0.2) is 10.9 Å². The summed E-state index contributed by atoms with van der Waals surface area (Å²) >= 11 is 5.17. The van der Waals surface area contributed by atoms with Crippen LogP contribution in [0.4, 0.5) is 11.5 Å². The molecule has 0 unspecified atom stereocenters. The lowest BCUT2D eigenvalue weighted by Crippen LogP contribution is -2.32. The van der Waals surface area contributed by atoms with Crippen molar-refractivity contribution in [3.63, 3.8) is 0 Å². The van der Waals surface area contributed by atoms with Crippen molar-refractivity contribution >= 4 is 50.8 Å². The molecule has 3 N–H and O–H groups in total. The second-order valence-electron chi connectivity index (χ2n) is 7.69. The quantitative estimate of drug-likeness (QED) is 0.307. The molecular weight excluding hydrogens is 486 g/mol. The molecule has 1 aromatic heterocycles. The van der Waals surface area contributed by atoms with Gasteiger partial charge in [0.05, 0.1) is 12.0 Å². The minimum atomic E-state index is -3.87. The molecule has 0 radical (unpaired) electrons. The fraction of sp³-hybridized carbons (Fsp3) is 0.167. The molecule has 11 heteroatoms. The second-order valence-corrected chi connectivity index (χ2v) is 9.78. The lowest BCUT2D eigenvalue weighted by Gasteiger charge is -2.10. The van der Waals surface area contributed by atoms with Crippen molar-refractivity contribution in [2.45, 2.75) is 24.7 Å². The first kappa shape index (κ1) is 25.8. The Labute approximate surface area is 209 Å². The monoisotopic (exact) mass is 511 g/mol. The number of benzene rings is 2. The van der Waals surface area contributed by atoms with Crippen LogP contribution in [0.1, 0.15) is 30.9 Å². The molecule has 0 spiro atoms. The lowest BCUT2D eigenvalue weighted by molar-refractivity contribution is -0.115. The molecule has 1 heterocycles. The molecule has 0 aliphatic heterocycles. The van der Waals surface area contributed by atoms with Crippen molar-refractivity contribution in [2.75, 3.05) is 17.1 Å². The van der Waals surface area contributed by atoms with Crippen molar-refractivity contribution in [1.29, 1.82) is 0 Å². The van der Waals surface area contributed by atoms with E-state index in [9.17, 15) is 13.2 Å². The van der Waals surface area contributed by atoms with Gasteiger partial charge in [-0.3, -0.25) is 14.8 Å². The summed E-state index contributed by atoms with van der Waals surface area (Å²) in [5.41, 5.74) is 2.63. The van der Waals surface area contributed by atoms with Crippen LogP contribution in [0.15, 0.2) is 71.6 Å². The predicted octanol–water partition coefficient (Wildman–Crippen LogP) is 3.94. The minimum absolute atomic E-state index is 0.0158. The Balaban J connectivity index is 1.54. The molecule has 9 nitrogen and oxygen atoms in total. The summed E-state index contributed by atoms with van der Waals surface area (Å²) in [4.78, 5) is 12.2. The molecule has 0 saturated heterocycles. The summed E-state index contributed by atoms with van der Waals surface area (Å²) in [6, 6.07) is 16.7. The predicted molar refractivity (Wildman–Crippen MR) is 140 cm³/mol. The van der Waals surface area contributed by atoms with E-state index in [0.29, 0.717) is 11.6 Å². The van der Waals surface area contributed by atoms with Crippen LogP contribution in [-0.2, 0) is 14.8 Å². The van der Waals surface area contributed by atoms with Gasteiger partial charge in [-0.05, 0) is 65.7 Å². The highest BCUT2D eigenvalue weighted by molar-refractivity contribution is 7.92. The molecule has 0 saturated carbocycles. The number of ether oxygens (including phenoxy) is 1. The number of sulfonamides is 1. The first-order chi connectivity index (χ1) is 16.7. The van der Waals surface area contributed by atoms with Gasteiger partial charge in [-0.15, -0.1) is 10.2 Å². The maximum absolute atomic E-state index is 12.6. The minimum Gasteiger partial charge on any atom is -0.480 e. The van der Waals surface area contributed by atoms with Gasteiger partial charge in [0.2, 0.25) is 11.8 Å². The lowest BCUT2D eigenvalue weighted by atomic mass is 10.0. The molecule has 0 aliphatic rings. The Kier molecular flexibility index (Phi) is 8.50. The number of hydrogen-bond donors (Lipinski definition) is 3. The molecular formula is C24H25N5O4S2. The van der Waals surface area contributed by atoms with Crippen molar-refractivity contribution in [2.24, 2.45) is 0 Å². The maximum Gasteiger partial charge on any atom is 0.263 e. The van der Waals surface area contributed by atoms with Crippen LogP contribution < -0.4 is 20.1 Å². The van der Waals surface area contributed by atoms with E-state index in [1.165, 1.54) is 55.1 Å².